The summed E-state index contributed by atoms with van der Waals surface area (Å²) in [6.07, 6.45) is 1.70. The van der Waals surface area contributed by atoms with Gasteiger partial charge in [0.1, 0.15) is 11.4 Å². The fourth-order valence-electron chi connectivity index (χ4n) is 2.30. The van der Waals surface area contributed by atoms with Crippen LogP contribution in [-0.2, 0) is 6.54 Å². The number of pyridine rings is 1. The second-order valence-corrected chi connectivity index (χ2v) is 6.14. The fourth-order valence-corrected chi connectivity index (χ4v) is 2.91. The summed E-state index contributed by atoms with van der Waals surface area (Å²) < 4.78 is 0.528. The maximum Gasteiger partial charge on any atom is 0.151 e. The van der Waals surface area contributed by atoms with E-state index in [0.29, 0.717) is 33.6 Å². The Balaban J connectivity index is 1.93. The van der Waals surface area contributed by atoms with Crippen LogP contribution in [0.1, 0.15) is 16.8 Å². The predicted octanol–water partition coefficient (Wildman–Crippen LogP) is 2.55. The Bertz CT molecular complexity index is 984. The summed E-state index contributed by atoms with van der Waals surface area (Å²) in [6.45, 7) is 0.411. The number of aromatic nitrogens is 1. The number of nitrogens with one attached hydrogen (secondary N) is 2. The van der Waals surface area contributed by atoms with E-state index in [2.05, 4.69) is 42.5 Å². The van der Waals surface area contributed by atoms with E-state index in [4.69, 9.17) is 16.4 Å². The van der Waals surface area contributed by atoms with E-state index in [9.17, 15) is 0 Å². The minimum absolute atomic E-state index is 0.0191. The van der Waals surface area contributed by atoms with Crippen molar-refractivity contribution in [2.24, 2.45) is 15.8 Å². The third-order valence-electron chi connectivity index (χ3n) is 3.58. The lowest BCUT2D eigenvalue weighted by molar-refractivity contribution is 0.728. The molecule has 8 heteroatoms. The van der Waals surface area contributed by atoms with Crippen LogP contribution in [-0.4, -0.2) is 22.2 Å². The first-order chi connectivity index (χ1) is 12.6. The normalized spacial score (nSPS) is 15.6. The molecule has 0 bridgehead atoms. The monoisotopic (exact) mass is 407 g/mol. The SMILES string of the molecule is N#Cc1cccc(C2=C(Br)/C(=N/NCc3ccccn3)C(=N)C(N)=N2)c1. The quantitative estimate of drug-likeness (QED) is 0.673. The molecule has 0 atom stereocenters. The highest BCUT2D eigenvalue weighted by Crippen LogP contribution is 2.29. The van der Waals surface area contributed by atoms with Gasteiger partial charge in [-0.25, -0.2) is 4.99 Å². The summed E-state index contributed by atoms with van der Waals surface area (Å²) in [5, 5.41) is 21.5. The highest BCUT2D eigenvalue weighted by molar-refractivity contribution is 9.12. The van der Waals surface area contributed by atoms with E-state index in [-0.39, 0.29) is 11.5 Å². The van der Waals surface area contributed by atoms with E-state index in [1.165, 1.54) is 0 Å². The number of hydrogen-bond acceptors (Lipinski definition) is 7. The number of amidine groups is 1. The average molecular weight is 408 g/mol. The van der Waals surface area contributed by atoms with Gasteiger partial charge in [0.15, 0.2) is 5.84 Å². The summed E-state index contributed by atoms with van der Waals surface area (Å²) in [6, 6.07) is 14.7. The minimum Gasteiger partial charge on any atom is -0.382 e. The largest absolute Gasteiger partial charge is 0.382 e. The van der Waals surface area contributed by atoms with Gasteiger partial charge in [-0.15, -0.1) is 0 Å². The van der Waals surface area contributed by atoms with Crippen LogP contribution in [0, 0.1) is 16.7 Å². The summed E-state index contributed by atoms with van der Waals surface area (Å²) in [5.41, 5.74) is 11.7. The van der Waals surface area contributed by atoms with Gasteiger partial charge in [0, 0.05) is 11.8 Å². The Hall–Kier alpha value is -3.31. The van der Waals surface area contributed by atoms with Gasteiger partial charge < -0.3 is 11.2 Å². The Kier molecular flexibility index (Phi) is 5.20. The first-order valence-electron chi connectivity index (χ1n) is 7.64. The van der Waals surface area contributed by atoms with Gasteiger partial charge in [0.2, 0.25) is 0 Å². The molecular weight excluding hydrogens is 394 g/mol. The lowest BCUT2D eigenvalue weighted by Crippen LogP contribution is -2.34. The maximum atomic E-state index is 9.08. The topological polar surface area (TPSA) is 123 Å². The van der Waals surface area contributed by atoms with Crippen LogP contribution in [0.5, 0.6) is 0 Å². The molecular formula is C18H14BrN7. The smallest absolute Gasteiger partial charge is 0.151 e. The van der Waals surface area contributed by atoms with E-state index >= 15 is 0 Å². The summed E-state index contributed by atoms with van der Waals surface area (Å²) in [7, 11) is 0. The van der Waals surface area contributed by atoms with Crippen LogP contribution in [0.4, 0.5) is 0 Å². The zero-order chi connectivity index (χ0) is 18.5. The molecule has 1 aliphatic rings. The van der Waals surface area contributed by atoms with E-state index in [1.807, 2.05) is 24.3 Å². The van der Waals surface area contributed by atoms with Crippen LogP contribution in [0.3, 0.4) is 0 Å². The molecule has 4 N–H and O–H groups in total. The number of allylic oxidation sites excluding steroid dienone is 1. The van der Waals surface area contributed by atoms with Crippen LogP contribution in [0.15, 0.2) is 63.2 Å². The molecule has 0 aliphatic carbocycles. The molecule has 0 amide bonds. The van der Waals surface area contributed by atoms with Crippen molar-refractivity contribution in [2.45, 2.75) is 6.54 Å². The van der Waals surface area contributed by atoms with Gasteiger partial charge in [-0.3, -0.25) is 10.4 Å². The number of benzene rings is 1. The molecule has 0 radical (unpaired) electrons. The molecule has 0 fully saturated rings. The minimum atomic E-state index is 0.0191. The Morgan fingerprint density at radius 1 is 1.27 bits per heavy atom. The molecule has 2 heterocycles. The van der Waals surface area contributed by atoms with Crippen LogP contribution in [0.2, 0.25) is 0 Å². The zero-order valence-corrected chi connectivity index (χ0v) is 15.2. The van der Waals surface area contributed by atoms with Crippen LogP contribution >= 0.6 is 15.9 Å². The van der Waals surface area contributed by atoms with Crippen molar-refractivity contribution in [1.29, 1.82) is 10.7 Å². The molecule has 3 rings (SSSR count). The number of nitrogens with zero attached hydrogens (tertiary/aromatic N) is 4. The number of nitriles is 1. The lowest BCUT2D eigenvalue weighted by Gasteiger charge is -2.17. The van der Waals surface area contributed by atoms with Gasteiger partial charge in [0.05, 0.1) is 34.1 Å². The fraction of sp³-hybridized carbons (Fsp3) is 0.0556. The third-order valence-corrected chi connectivity index (χ3v) is 4.33. The molecule has 2 aromatic rings. The zero-order valence-electron chi connectivity index (χ0n) is 13.6. The highest BCUT2D eigenvalue weighted by atomic mass is 79.9. The molecule has 1 aromatic heterocycles. The molecule has 128 valence electrons. The second kappa shape index (κ2) is 7.72. The molecule has 0 unspecified atom stereocenters. The van der Waals surface area contributed by atoms with Crippen molar-refractivity contribution in [3.63, 3.8) is 0 Å². The van der Waals surface area contributed by atoms with Gasteiger partial charge in [-0.05, 0) is 40.2 Å². The highest BCUT2D eigenvalue weighted by Gasteiger charge is 2.25. The number of rotatable bonds is 4. The van der Waals surface area contributed by atoms with Crippen molar-refractivity contribution in [1.82, 2.24) is 10.4 Å². The van der Waals surface area contributed by atoms with Crippen molar-refractivity contribution >= 4 is 38.9 Å². The molecule has 1 aromatic carbocycles. The number of hydrazone groups is 1. The van der Waals surface area contributed by atoms with Gasteiger partial charge in [-0.2, -0.15) is 10.4 Å². The standard InChI is InChI=1S/C18H14BrN7/c19-14-16(12-5-3-4-11(8-12)9-20)25-18(22)15(21)17(14)26-24-10-13-6-1-2-7-23-13/h1-8,21,24H,10H2,(H2,22,25)/b21-15?,26-17-. The Morgan fingerprint density at radius 2 is 2.12 bits per heavy atom. The Morgan fingerprint density at radius 3 is 2.85 bits per heavy atom. The summed E-state index contributed by atoms with van der Waals surface area (Å²) in [5.74, 6) is 0.0592. The molecule has 0 saturated carbocycles. The molecule has 0 saturated heterocycles. The number of aliphatic imine (C=N–C) groups is 1. The van der Waals surface area contributed by atoms with Crippen LogP contribution in [0.25, 0.3) is 5.70 Å². The summed E-state index contributed by atoms with van der Waals surface area (Å²) >= 11 is 3.47. The molecule has 0 spiro atoms. The van der Waals surface area contributed by atoms with Crippen molar-refractivity contribution in [3.8, 4) is 6.07 Å². The average Bonchev–Trinajstić information content (AvgIpc) is 2.68. The first-order valence-corrected chi connectivity index (χ1v) is 8.44. The predicted molar refractivity (Wildman–Crippen MR) is 105 cm³/mol. The maximum absolute atomic E-state index is 9.08. The molecule has 26 heavy (non-hydrogen) atoms. The van der Waals surface area contributed by atoms with Gasteiger partial charge in [0.25, 0.3) is 0 Å². The Labute approximate surface area is 158 Å². The van der Waals surface area contributed by atoms with Crippen molar-refractivity contribution < 1.29 is 0 Å². The van der Waals surface area contributed by atoms with Gasteiger partial charge in [-0.1, -0.05) is 18.2 Å². The van der Waals surface area contributed by atoms with Crippen LogP contribution < -0.4 is 11.2 Å². The van der Waals surface area contributed by atoms with E-state index in [1.54, 1.807) is 24.4 Å². The lowest BCUT2D eigenvalue weighted by atomic mass is 10.0. The number of nitrogens with two attached hydrogens (primary N) is 1. The third kappa shape index (κ3) is 3.68. The van der Waals surface area contributed by atoms with Crippen molar-refractivity contribution in [2.75, 3.05) is 0 Å². The molecule has 1 aliphatic heterocycles. The van der Waals surface area contributed by atoms with E-state index < -0.39 is 0 Å². The summed E-state index contributed by atoms with van der Waals surface area (Å²) in [4.78, 5) is 8.49. The van der Waals surface area contributed by atoms with Gasteiger partial charge >= 0.3 is 0 Å². The van der Waals surface area contributed by atoms with E-state index in [0.717, 1.165) is 5.69 Å². The first kappa shape index (κ1) is 17.5. The second-order valence-electron chi connectivity index (χ2n) is 5.34. The molecule has 7 nitrogen and oxygen atoms in total. The van der Waals surface area contributed by atoms with Crippen molar-refractivity contribution in [3.05, 3.63) is 70.0 Å². The number of halogens is 1. The number of hydrogen-bond donors (Lipinski definition) is 3.